The van der Waals surface area contributed by atoms with Gasteiger partial charge in [-0.05, 0) is 43.7 Å². The van der Waals surface area contributed by atoms with Crippen molar-refractivity contribution < 1.29 is 0 Å². The van der Waals surface area contributed by atoms with Crippen LogP contribution in [0.3, 0.4) is 0 Å². The fourth-order valence-corrected chi connectivity index (χ4v) is 1.93. The zero-order valence-electron chi connectivity index (χ0n) is 9.60. The van der Waals surface area contributed by atoms with Crippen LogP contribution in [0.1, 0.15) is 40.5 Å². The Morgan fingerprint density at radius 2 is 1.85 bits per heavy atom. The third kappa shape index (κ3) is 10.2. The van der Waals surface area contributed by atoms with Crippen LogP contribution in [0.15, 0.2) is 0 Å². The van der Waals surface area contributed by atoms with Crippen molar-refractivity contribution in [3.8, 4) is 0 Å². The second-order valence-electron chi connectivity index (χ2n) is 4.02. The second kappa shape index (κ2) is 8.89. The largest absolute Gasteiger partial charge is 0.314 e. The first kappa shape index (κ1) is 13.3. The maximum atomic E-state index is 3.56. The molecule has 1 atom stereocenters. The van der Waals surface area contributed by atoms with Gasteiger partial charge in [0.2, 0.25) is 0 Å². The summed E-state index contributed by atoms with van der Waals surface area (Å²) in [6, 6.07) is 0.692. The molecule has 0 saturated carbocycles. The van der Waals surface area contributed by atoms with Crippen molar-refractivity contribution in [1.29, 1.82) is 0 Å². The van der Waals surface area contributed by atoms with E-state index in [4.69, 9.17) is 0 Å². The van der Waals surface area contributed by atoms with E-state index in [0.717, 1.165) is 5.92 Å². The predicted octanol–water partition coefficient (Wildman–Crippen LogP) is 3.15. The Morgan fingerprint density at radius 3 is 2.38 bits per heavy atom. The molecule has 13 heavy (non-hydrogen) atoms. The molecule has 0 amide bonds. The van der Waals surface area contributed by atoms with Gasteiger partial charge in [0.1, 0.15) is 0 Å². The van der Waals surface area contributed by atoms with E-state index in [0.29, 0.717) is 6.04 Å². The van der Waals surface area contributed by atoms with Crippen LogP contribution < -0.4 is 5.32 Å². The first-order valence-corrected chi connectivity index (χ1v) is 6.63. The molecule has 2 heteroatoms. The zero-order valence-corrected chi connectivity index (χ0v) is 10.4. The highest BCUT2D eigenvalue weighted by atomic mass is 32.2. The second-order valence-corrected chi connectivity index (χ2v) is 5.42. The fraction of sp³-hybridized carbons (Fsp3) is 1.00. The summed E-state index contributed by atoms with van der Waals surface area (Å²) in [6.07, 6.45) is 2.60. The lowest BCUT2D eigenvalue weighted by atomic mass is 10.1. The maximum Gasteiger partial charge on any atom is 0.00465 e. The smallest absolute Gasteiger partial charge is 0.00465 e. The van der Waals surface area contributed by atoms with Crippen LogP contribution in [0.25, 0.3) is 0 Å². The highest BCUT2D eigenvalue weighted by molar-refractivity contribution is 7.99. The molecule has 0 bridgehead atoms. The minimum absolute atomic E-state index is 0.692. The fourth-order valence-electron chi connectivity index (χ4n) is 1.12. The minimum Gasteiger partial charge on any atom is -0.314 e. The first-order valence-electron chi connectivity index (χ1n) is 5.48. The van der Waals surface area contributed by atoms with Crippen molar-refractivity contribution in [1.82, 2.24) is 5.32 Å². The molecule has 0 aliphatic rings. The van der Waals surface area contributed by atoms with Gasteiger partial charge in [0.25, 0.3) is 0 Å². The molecule has 0 fully saturated rings. The Morgan fingerprint density at radius 1 is 1.15 bits per heavy atom. The molecule has 1 nitrogen and oxygen atoms in total. The zero-order chi connectivity index (χ0) is 10.1. The topological polar surface area (TPSA) is 12.0 Å². The molecular formula is C11H25NS. The molecule has 0 aliphatic carbocycles. The Labute approximate surface area is 88.1 Å². The van der Waals surface area contributed by atoms with Gasteiger partial charge in [-0.3, -0.25) is 0 Å². The van der Waals surface area contributed by atoms with Crippen molar-refractivity contribution in [2.75, 3.05) is 18.1 Å². The molecule has 1 N–H and O–H groups in total. The number of hydrogen-bond acceptors (Lipinski definition) is 2. The summed E-state index contributed by atoms with van der Waals surface area (Å²) >= 11 is 2.04. The Balaban J connectivity index is 3.15. The molecule has 1 unspecified atom stereocenters. The first-order chi connectivity index (χ1) is 6.16. The minimum atomic E-state index is 0.692. The molecule has 80 valence electrons. The molecule has 0 radical (unpaired) electrons. The van der Waals surface area contributed by atoms with E-state index >= 15 is 0 Å². The van der Waals surface area contributed by atoms with E-state index in [1.165, 1.54) is 30.9 Å². The molecule has 0 aromatic carbocycles. The Hall–Kier alpha value is 0.310. The van der Waals surface area contributed by atoms with Crippen molar-refractivity contribution in [2.45, 2.75) is 46.6 Å². The predicted molar refractivity (Wildman–Crippen MR) is 64.5 cm³/mol. The summed E-state index contributed by atoms with van der Waals surface area (Å²) in [5.41, 5.74) is 0. The van der Waals surface area contributed by atoms with E-state index in [2.05, 4.69) is 33.0 Å². The molecule has 0 aliphatic heterocycles. The lowest BCUT2D eigenvalue weighted by Gasteiger charge is -2.14. The van der Waals surface area contributed by atoms with E-state index in [1.807, 2.05) is 11.8 Å². The summed E-state index contributed by atoms with van der Waals surface area (Å²) < 4.78 is 0. The van der Waals surface area contributed by atoms with Gasteiger partial charge in [0.15, 0.2) is 0 Å². The van der Waals surface area contributed by atoms with Crippen molar-refractivity contribution in [3.05, 3.63) is 0 Å². The molecule has 0 saturated heterocycles. The average Bonchev–Trinajstić information content (AvgIpc) is 2.04. The van der Waals surface area contributed by atoms with Gasteiger partial charge in [0.05, 0.1) is 0 Å². The summed E-state index contributed by atoms with van der Waals surface area (Å²) in [5.74, 6) is 3.37. The molecule has 0 rings (SSSR count). The van der Waals surface area contributed by atoms with E-state index in [1.54, 1.807) is 0 Å². The Kier molecular flexibility index (Phi) is 9.10. The monoisotopic (exact) mass is 203 g/mol. The van der Waals surface area contributed by atoms with Gasteiger partial charge in [-0.25, -0.2) is 0 Å². The van der Waals surface area contributed by atoms with Gasteiger partial charge in [-0.1, -0.05) is 20.8 Å². The third-order valence-corrected chi connectivity index (χ3v) is 3.05. The number of hydrogen-bond donors (Lipinski definition) is 1. The average molecular weight is 203 g/mol. The molecule has 0 heterocycles. The summed E-state index contributed by atoms with van der Waals surface area (Å²) in [6.45, 7) is 10.2. The van der Waals surface area contributed by atoms with Crippen LogP contribution in [-0.4, -0.2) is 24.1 Å². The standard InChI is InChI=1S/C11H25NS/c1-5-13-9-7-11(4)12-8-6-10(2)3/h10-12H,5-9H2,1-4H3. The highest BCUT2D eigenvalue weighted by Gasteiger charge is 2.00. The lowest BCUT2D eigenvalue weighted by Crippen LogP contribution is -2.28. The summed E-state index contributed by atoms with van der Waals surface area (Å²) in [5, 5.41) is 3.56. The van der Waals surface area contributed by atoms with Gasteiger partial charge in [-0.2, -0.15) is 11.8 Å². The van der Waals surface area contributed by atoms with E-state index in [9.17, 15) is 0 Å². The molecule has 0 spiro atoms. The van der Waals surface area contributed by atoms with E-state index in [-0.39, 0.29) is 0 Å². The van der Waals surface area contributed by atoms with Crippen molar-refractivity contribution in [3.63, 3.8) is 0 Å². The normalized spacial score (nSPS) is 13.6. The SMILES string of the molecule is CCSCCC(C)NCCC(C)C. The van der Waals surface area contributed by atoms with E-state index < -0.39 is 0 Å². The van der Waals surface area contributed by atoms with Gasteiger partial charge in [-0.15, -0.1) is 0 Å². The Bertz CT molecular complexity index is 104. The number of thioether (sulfide) groups is 1. The van der Waals surface area contributed by atoms with Crippen LogP contribution in [0, 0.1) is 5.92 Å². The quantitative estimate of drug-likeness (QED) is 0.608. The van der Waals surface area contributed by atoms with Crippen LogP contribution in [0.2, 0.25) is 0 Å². The van der Waals surface area contributed by atoms with Gasteiger partial charge in [0, 0.05) is 6.04 Å². The third-order valence-electron chi connectivity index (χ3n) is 2.11. The van der Waals surface area contributed by atoms with Crippen LogP contribution in [-0.2, 0) is 0 Å². The maximum absolute atomic E-state index is 3.56. The van der Waals surface area contributed by atoms with Gasteiger partial charge < -0.3 is 5.32 Å². The highest BCUT2D eigenvalue weighted by Crippen LogP contribution is 2.04. The molecular weight excluding hydrogens is 178 g/mol. The molecule has 0 aromatic rings. The summed E-state index contributed by atoms with van der Waals surface area (Å²) in [7, 11) is 0. The van der Waals surface area contributed by atoms with Crippen molar-refractivity contribution in [2.24, 2.45) is 5.92 Å². The van der Waals surface area contributed by atoms with Crippen molar-refractivity contribution >= 4 is 11.8 Å². The van der Waals surface area contributed by atoms with Crippen LogP contribution >= 0.6 is 11.8 Å². The number of rotatable bonds is 8. The van der Waals surface area contributed by atoms with Crippen LogP contribution in [0.4, 0.5) is 0 Å². The van der Waals surface area contributed by atoms with Gasteiger partial charge >= 0.3 is 0 Å². The van der Waals surface area contributed by atoms with Crippen LogP contribution in [0.5, 0.6) is 0 Å². The summed E-state index contributed by atoms with van der Waals surface area (Å²) in [4.78, 5) is 0. The molecule has 0 aromatic heterocycles. The lowest BCUT2D eigenvalue weighted by molar-refractivity contribution is 0.481. The number of nitrogens with one attached hydrogen (secondary N) is 1.